The Kier molecular flexibility index (Phi) is 4.11. The Morgan fingerprint density at radius 2 is 1.82 bits per heavy atom. The van der Waals surface area contributed by atoms with Crippen LogP contribution in [0.25, 0.3) is 0 Å². The van der Waals surface area contributed by atoms with Crippen molar-refractivity contribution in [1.82, 2.24) is 0 Å². The van der Waals surface area contributed by atoms with Gasteiger partial charge < -0.3 is 10.2 Å². The highest BCUT2D eigenvalue weighted by molar-refractivity contribution is 5.69. The number of aliphatic carboxylic acids is 1. The Labute approximate surface area is 67.0 Å². The first kappa shape index (κ1) is 10.4. The van der Waals surface area contributed by atoms with E-state index < -0.39 is 11.9 Å². The van der Waals surface area contributed by atoms with Gasteiger partial charge in [0, 0.05) is 6.61 Å². The van der Waals surface area contributed by atoms with Crippen LogP contribution in [0.1, 0.15) is 20.8 Å². The van der Waals surface area contributed by atoms with Crippen molar-refractivity contribution in [2.75, 3.05) is 6.61 Å². The lowest BCUT2D eigenvalue weighted by atomic mass is 9.85. The quantitative estimate of drug-likeness (QED) is 0.644. The second-order valence-corrected chi connectivity index (χ2v) is 3.22. The van der Waals surface area contributed by atoms with Gasteiger partial charge in [0.05, 0.1) is 5.92 Å². The van der Waals surface area contributed by atoms with E-state index in [0.717, 1.165) is 0 Å². The van der Waals surface area contributed by atoms with E-state index in [1.165, 1.54) is 0 Å². The second-order valence-electron chi connectivity index (χ2n) is 3.22. The lowest BCUT2D eigenvalue weighted by Crippen LogP contribution is -2.27. The molecule has 0 saturated carbocycles. The maximum atomic E-state index is 10.5. The molecule has 0 saturated heterocycles. The van der Waals surface area contributed by atoms with E-state index in [9.17, 15) is 4.79 Å². The van der Waals surface area contributed by atoms with Crippen LogP contribution in [0, 0.1) is 17.8 Å². The van der Waals surface area contributed by atoms with Crippen molar-refractivity contribution in [3.8, 4) is 0 Å². The highest BCUT2D eigenvalue weighted by Gasteiger charge is 2.25. The topological polar surface area (TPSA) is 57.5 Å². The maximum Gasteiger partial charge on any atom is 0.306 e. The van der Waals surface area contributed by atoms with Crippen molar-refractivity contribution in [3.05, 3.63) is 0 Å². The van der Waals surface area contributed by atoms with Crippen molar-refractivity contribution in [2.45, 2.75) is 20.8 Å². The summed E-state index contributed by atoms with van der Waals surface area (Å²) in [5.74, 6) is -1.21. The van der Waals surface area contributed by atoms with E-state index in [-0.39, 0.29) is 18.4 Å². The SMILES string of the molecule is CC(C)C(CO)C(C)C(=O)O. The molecular weight excluding hydrogens is 144 g/mol. The molecule has 3 heteroatoms. The lowest BCUT2D eigenvalue weighted by molar-refractivity contribution is -0.144. The molecule has 0 spiro atoms. The minimum absolute atomic E-state index is 0.0505. The molecule has 2 unspecified atom stereocenters. The zero-order valence-corrected chi connectivity index (χ0v) is 7.24. The summed E-state index contributed by atoms with van der Waals surface area (Å²) in [6, 6.07) is 0. The number of hydrogen-bond donors (Lipinski definition) is 2. The first-order valence-electron chi connectivity index (χ1n) is 3.84. The molecule has 11 heavy (non-hydrogen) atoms. The molecule has 0 aliphatic heterocycles. The summed E-state index contributed by atoms with van der Waals surface area (Å²) in [6.07, 6.45) is 0. The van der Waals surface area contributed by atoms with Crippen molar-refractivity contribution < 1.29 is 15.0 Å². The number of carboxylic acid groups (broad SMARTS) is 1. The Hall–Kier alpha value is -0.570. The Morgan fingerprint density at radius 3 is 1.91 bits per heavy atom. The Bertz CT molecular complexity index is 131. The van der Waals surface area contributed by atoms with Crippen LogP contribution in [-0.2, 0) is 4.79 Å². The fraction of sp³-hybridized carbons (Fsp3) is 0.875. The summed E-state index contributed by atoms with van der Waals surface area (Å²) in [5.41, 5.74) is 0. The van der Waals surface area contributed by atoms with E-state index in [2.05, 4.69) is 0 Å². The zero-order chi connectivity index (χ0) is 9.02. The fourth-order valence-electron chi connectivity index (χ4n) is 1.13. The van der Waals surface area contributed by atoms with Gasteiger partial charge in [-0.2, -0.15) is 0 Å². The van der Waals surface area contributed by atoms with Crippen LogP contribution in [0.3, 0.4) is 0 Å². The highest BCUT2D eigenvalue weighted by Crippen LogP contribution is 2.19. The van der Waals surface area contributed by atoms with Gasteiger partial charge in [0.15, 0.2) is 0 Å². The molecule has 0 aliphatic carbocycles. The molecule has 0 aromatic heterocycles. The third-order valence-corrected chi connectivity index (χ3v) is 2.10. The van der Waals surface area contributed by atoms with Crippen molar-refractivity contribution in [2.24, 2.45) is 17.8 Å². The smallest absolute Gasteiger partial charge is 0.306 e. The maximum absolute atomic E-state index is 10.5. The summed E-state index contributed by atoms with van der Waals surface area (Å²) in [5, 5.41) is 17.5. The summed E-state index contributed by atoms with van der Waals surface area (Å²) >= 11 is 0. The van der Waals surface area contributed by atoms with Crippen LogP contribution < -0.4 is 0 Å². The third kappa shape index (κ3) is 2.89. The fourth-order valence-corrected chi connectivity index (χ4v) is 1.13. The number of hydrogen-bond acceptors (Lipinski definition) is 2. The van der Waals surface area contributed by atoms with Crippen molar-refractivity contribution in [3.63, 3.8) is 0 Å². The predicted molar refractivity (Wildman–Crippen MR) is 42.2 cm³/mol. The highest BCUT2D eigenvalue weighted by atomic mass is 16.4. The molecule has 3 nitrogen and oxygen atoms in total. The van der Waals surface area contributed by atoms with Gasteiger partial charge in [0.2, 0.25) is 0 Å². The Balaban J connectivity index is 4.13. The molecule has 2 atom stereocenters. The number of aliphatic hydroxyl groups is 1. The van der Waals surface area contributed by atoms with Gasteiger partial charge in [-0.25, -0.2) is 0 Å². The van der Waals surface area contributed by atoms with Crippen LogP contribution >= 0.6 is 0 Å². The molecule has 0 aromatic rings. The number of aliphatic hydroxyl groups excluding tert-OH is 1. The monoisotopic (exact) mass is 160 g/mol. The Morgan fingerprint density at radius 1 is 1.36 bits per heavy atom. The van der Waals surface area contributed by atoms with Gasteiger partial charge in [-0.05, 0) is 11.8 Å². The molecule has 0 aliphatic rings. The summed E-state index contributed by atoms with van der Waals surface area (Å²) in [7, 11) is 0. The van der Waals surface area contributed by atoms with Gasteiger partial charge >= 0.3 is 5.97 Å². The first-order valence-corrected chi connectivity index (χ1v) is 3.84. The molecule has 0 aromatic carbocycles. The molecule has 66 valence electrons. The molecule has 0 radical (unpaired) electrons. The number of carbonyl (C=O) groups is 1. The molecule has 0 bridgehead atoms. The minimum atomic E-state index is -0.835. The average Bonchev–Trinajstić information content (AvgIpc) is 1.88. The van der Waals surface area contributed by atoms with Gasteiger partial charge in [0.25, 0.3) is 0 Å². The van der Waals surface area contributed by atoms with Gasteiger partial charge in [0.1, 0.15) is 0 Å². The normalized spacial score (nSPS) is 16.5. The zero-order valence-electron chi connectivity index (χ0n) is 7.24. The predicted octanol–water partition coefficient (Wildman–Crippen LogP) is 0.972. The van der Waals surface area contributed by atoms with E-state index in [0.29, 0.717) is 0 Å². The minimum Gasteiger partial charge on any atom is -0.481 e. The molecule has 0 fully saturated rings. The van der Waals surface area contributed by atoms with Gasteiger partial charge in [-0.1, -0.05) is 20.8 Å². The van der Waals surface area contributed by atoms with Gasteiger partial charge in [-0.3, -0.25) is 4.79 Å². The molecule has 0 amide bonds. The standard InChI is InChI=1S/C8H16O3/c1-5(2)7(4-9)6(3)8(10)11/h5-7,9H,4H2,1-3H3,(H,10,11). The summed E-state index contributed by atoms with van der Waals surface area (Å²) < 4.78 is 0. The molecule has 2 N–H and O–H groups in total. The lowest BCUT2D eigenvalue weighted by Gasteiger charge is -2.21. The van der Waals surface area contributed by atoms with Crippen LogP contribution in [0.15, 0.2) is 0 Å². The molecule has 0 rings (SSSR count). The largest absolute Gasteiger partial charge is 0.481 e. The van der Waals surface area contributed by atoms with Crippen LogP contribution in [-0.4, -0.2) is 22.8 Å². The van der Waals surface area contributed by atoms with E-state index in [4.69, 9.17) is 10.2 Å². The van der Waals surface area contributed by atoms with Crippen LogP contribution in [0.4, 0.5) is 0 Å². The van der Waals surface area contributed by atoms with E-state index in [1.54, 1.807) is 6.92 Å². The second kappa shape index (κ2) is 4.34. The van der Waals surface area contributed by atoms with Crippen molar-refractivity contribution >= 4 is 5.97 Å². The van der Waals surface area contributed by atoms with Crippen molar-refractivity contribution in [1.29, 1.82) is 0 Å². The van der Waals surface area contributed by atoms with E-state index >= 15 is 0 Å². The molecular formula is C8H16O3. The van der Waals surface area contributed by atoms with Crippen LogP contribution in [0.5, 0.6) is 0 Å². The summed E-state index contributed by atoms with van der Waals surface area (Å²) in [6.45, 7) is 5.41. The third-order valence-electron chi connectivity index (χ3n) is 2.10. The van der Waals surface area contributed by atoms with Gasteiger partial charge in [-0.15, -0.1) is 0 Å². The average molecular weight is 160 g/mol. The first-order chi connectivity index (χ1) is 5.00. The number of carboxylic acids is 1. The number of rotatable bonds is 4. The molecule has 0 heterocycles. The summed E-state index contributed by atoms with van der Waals surface area (Å²) in [4.78, 5) is 10.5. The van der Waals surface area contributed by atoms with E-state index in [1.807, 2.05) is 13.8 Å². The van der Waals surface area contributed by atoms with Crippen LogP contribution in [0.2, 0.25) is 0 Å².